The topological polar surface area (TPSA) is 65.1 Å². The van der Waals surface area contributed by atoms with Gasteiger partial charge in [0, 0.05) is 20.2 Å². The maximum atomic E-state index is 5.73. The van der Waals surface area contributed by atoms with Crippen molar-refractivity contribution in [3.8, 4) is 11.5 Å². The van der Waals surface area contributed by atoms with Gasteiger partial charge in [0.25, 0.3) is 0 Å². The molecule has 0 atom stereocenters. The predicted octanol–water partition coefficient (Wildman–Crippen LogP) is 1.60. The highest BCUT2D eigenvalue weighted by molar-refractivity contribution is 5.51. The van der Waals surface area contributed by atoms with Crippen LogP contribution in [0.4, 0.5) is 0 Å². The lowest BCUT2D eigenvalue weighted by molar-refractivity contribution is 0.198. The second kappa shape index (κ2) is 6.49. The fourth-order valence-electron chi connectivity index (χ4n) is 1.86. The number of aryl methyl sites for hydroxylation is 2. The average Bonchev–Trinajstić information content (AvgIpc) is 3.00. The molecule has 2 aromatic rings. The summed E-state index contributed by atoms with van der Waals surface area (Å²) in [7, 11) is 1.68. The number of hydrogen-bond donors (Lipinski definition) is 1. The summed E-state index contributed by atoms with van der Waals surface area (Å²) >= 11 is 0. The molecule has 0 fully saturated rings. The second-order valence-corrected chi connectivity index (χ2v) is 4.27. The standard InChI is InChI=1S/C13H20N4O2/c1-4-17-11(7-10(2)16-17)12-8-15-13(19-12)9-14-5-6-18-3/h7-8,14H,4-6,9H2,1-3H3. The summed E-state index contributed by atoms with van der Waals surface area (Å²) < 4.78 is 12.6. The van der Waals surface area contributed by atoms with Crippen LogP contribution in [0.15, 0.2) is 16.7 Å². The molecule has 0 spiro atoms. The number of hydrogen-bond acceptors (Lipinski definition) is 5. The molecule has 6 nitrogen and oxygen atoms in total. The minimum Gasteiger partial charge on any atom is -0.438 e. The van der Waals surface area contributed by atoms with Gasteiger partial charge in [-0.15, -0.1) is 0 Å². The van der Waals surface area contributed by atoms with Crippen molar-refractivity contribution in [1.82, 2.24) is 20.1 Å². The van der Waals surface area contributed by atoms with Crippen LogP contribution < -0.4 is 5.32 Å². The third-order valence-corrected chi connectivity index (χ3v) is 2.77. The Hall–Kier alpha value is -1.66. The van der Waals surface area contributed by atoms with Crippen LogP contribution in [0.1, 0.15) is 18.5 Å². The largest absolute Gasteiger partial charge is 0.438 e. The van der Waals surface area contributed by atoms with Gasteiger partial charge in [-0.05, 0) is 19.9 Å². The molecule has 2 aromatic heterocycles. The first-order valence-corrected chi connectivity index (χ1v) is 6.43. The zero-order chi connectivity index (χ0) is 13.7. The number of aromatic nitrogens is 3. The van der Waals surface area contributed by atoms with Crippen molar-refractivity contribution in [2.45, 2.75) is 26.9 Å². The van der Waals surface area contributed by atoms with E-state index in [2.05, 4.69) is 22.3 Å². The van der Waals surface area contributed by atoms with Crippen LogP contribution in [-0.2, 0) is 17.8 Å². The Labute approximate surface area is 112 Å². The van der Waals surface area contributed by atoms with Crippen molar-refractivity contribution in [2.24, 2.45) is 0 Å². The van der Waals surface area contributed by atoms with Crippen molar-refractivity contribution < 1.29 is 9.15 Å². The van der Waals surface area contributed by atoms with Crippen LogP contribution in [0.2, 0.25) is 0 Å². The minimum atomic E-state index is 0.600. The van der Waals surface area contributed by atoms with Gasteiger partial charge in [-0.3, -0.25) is 4.68 Å². The third-order valence-electron chi connectivity index (χ3n) is 2.77. The smallest absolute Gasteiger partial charge is 0.208 e. The summed E-state index contributed by atoms with van der Waals surface area (Å²) in [6.07, 6.45) is 1.75. The maximum absolute atomic E-state index is 5.73. The zero-order valence-corrected chi connectivity index (χ0v) is 11.6. The van der Waals surface area contributed by atoms with Crippen molar-refractivity contribution in [2.75, 3.05) is 20.3 Å². The Kier molecular flexibility index (Phi) is 4.70. The number of rotatable bonds is 7. The SMILES string of the molecule is CCn1nc(C)cc1-c1cnc(CNCCOC)o1. The summed E-state index contributed by atoms with van der Waals surface area (Å²) in [6, 6.07) is 2.01. The summed E-state index contributed by atoms with van der Waals surface area (Å²) in [6.45, 7) is 6.89. The van der Waals surface area contributed by atoms with E-state index in [1.807, 2.05) is 17.7 Å². The Morgan fingerprint density at radius 2 is 2.32 bits per heavy atom. The molecule has 0 aliphatic heterocycles. The van der Waals surface area contributed by atoms with E-state index >= 15 is 0 Å². The normalized spacial score (nSPS) is 11.1. The molecule has 104 valence electrons. The number of ether oxygens (including phenoxy) is 1. The molecular weight excluding hydrogens is 244 g/mol. The van der Waals surface area contributed by atoms with Gasteiger partial charge in [-0.1, -0.05) is 0 Å². The minimum absolute atomic E-state index is 0.600. The molecule has 0 unspecified atom stereocenters. The number of nitrogens with one attached hydrogen (secondary N) is 1. The van der Waals surface area contributed by atoms with Gasteiger partial charge in [0.1, 0.15) is 5.69 Å². The lowest BCUT2D eigenvalue weighted by Crippen LogP contribution is -2.18. The number of methoxy groups -OCH3 is 1. The average molecular weight is 264 g/mol. The molecule has 0 aliphatic carbocycles. The monoisotopic (exact) mass is 264 g/mol. The Balaban J connectivity index is 2.03. The van der Waals surface area contributed by atoms with Crippen LogP contribution in [0, 0.1) is 6.92 Å². The van der Waals surface area contributed by atoms with E-state index in [0.717, 1.165) is 30.2 Å². The van der Waals surface area contributed by atoms with Gasteiger partial charge in [-0.25, -0.2) is 4.98 Å². The van der Waals surface area contributed by atoms with Gasteiger partial charge < -0.3 is 14.5 Å². The van der Waals surface area contributed by atoms with Crippen molar-refractivity contribution in [3.63, 3.8) is 0 Å². The van der Waals surface area contributed by atoms with Crippen LogP contribution >= 0.6 is 0 Å². The first-order chi connectivity index (χ1) is 9.24. The zero-order valence-electron chi connectivity index (χ0n) is 11.6. The number of nitrogens with zero attached hydrogens (tertiary/aromatic N) is 3. The summed E-state index contributed by atoms with van der Waals surface area (Å²) in [5.74, 6) is 1.43. The maximum Gasteiger partial charge on any atom is 0.208 e. The molecule has 0 amide bonds. The van der Waals surface area contributed by atoms with Crippen molar-refractivity contribution in [3.05, 3.63) is 23.8 Å². The highest BCUT2D eigenvalue weighted by atomic mass is 16.5. The van der Waals surface area contributed by atoms with Gasteiger partial charge in [-0.2, -0.15) is 5.10 Å². The van der Waals surface area contributed by atoms with E-state index in [0.29, 0.717) is 19.0 Å². The molecule has 0 aliphatic rings. The first kappa shape index (κ1) is 13.8. The van der Waals surface area contributed by atoms with Gasteiger partial charge in [0.05, 0.1) is 25.0 Å². The lowest BCUT2D eigenvalue weighted by Gasteiger charge is -2.01. The van der Waals surface area contributed by atoms with Gasteiger partial charge in [0.15, 0.2) is 5.76 Å². The predicted molar refractivity (Wildman–Crippen MR) is 71.7 cm³/mol. The van der Waals surface area contributed by atoms with E-state index in [1.165, 1.54) is 0 Å². The van der Waals surface area contributed by atoms with Crippen LogP contribution in [0.5, 0.6) is 0 Å². The lowest BCUT2D eigenvalue weighted by atomic mass is 10.3. The molecule has 0 aromatic carbocycles. The summed E-state index contributed by atoms with van der Waals surface area (Å²) in [5, 5.41) is 7.60. The highest BCUT2D eigenvalue weighted by Crippen LogP contribution is 2.21. The summed E-state index contributed by atoms with van der Waals surface area (Å²) in [4.78, 5) is 4.26. The molecule has 2 rings (SSSR count). The highest BCUT2D eigenvalue weighted by Gasteiger charge is 2.12. The molecule has 6 heteroatoms. The second-order valence-electron chi connectivity index (χ2n) is 4.27. The fourth-order valence-corrected chi connectivity index (χ4v) is 1.86. The van der Waals surface area contributed by atoms with Crippen LogP contribution in [0.3, 0.4) is 0 Å². The Morgan fingerprint density at radius 3 is 3.05 bits per heavy atom. The molecule has 0 bridgehead atoms. The van der Waals surface area contributed by atoms with E-state index < -0.39 is 0 Å². The molecular formula is C13H20N4O2. The van der Waals surface area contributed by atoms with Crippen molar-refractivity contribution >= 4 is 0 Å². The van der Waals surface area contributed by atoms with E-state index in [1.54, 1.807) is 13.3 Å². The van der Waals surface area contributed by atoms with E-state index in [4.69, 9.17) is 9.15 Å². The Bertz CT molecular complexity index is 518. The Morgan fingerprint density at radius 1 is 1.47 bits per heavy atom. The molecule has 0 saturated heterocycles. The van der Waals surface area contributed by atoms with Gasteiger partial charge >= 0.3 is 0 Å². The van der Waals surface area contributed by atoms with E-state index in [9.17, 15) is 0 Å². The molecule has 1 N–H and O–H groups in total. The molecule has 0 saturated carbocycles. The first-order valence-electron chi connectivity index (χ1n) is 6.43. The number of oxazole rings is 1. The van der Waals surface area contributed by atoms with E-state index in [-0.39, 0.29) is 0 Å². The van der Waals surface area contributed by atoms with Crippen LogP contribution in [0.25, 0.3) is 11.5 Å². The van der Waals surface area contributed by atoms with Crippen LogP contribution in [-0.4, -0.2) is 35.0 Å². The van der Waals surface area contributed by atoms with Crippen molar-refractivity contribution in [1.29, 1.82) is 0 Å². The fraction of sp³-hybridized carbons (Fsp3) is 0.538. The third kappa shape index (κ3) is 3.42. The quantitative estimate of drug-likeness (QED) is 0.769. The molecule has 2 heterocycles. The molecule has 0 radical (unpaired) electrons. The molecule has 19 heavy (non-hydrogen) atoms. The summed E-state index contributed by atoms with van der Waals surface area (Å²) in [5.41, 5.74) is 1.95. The van der Waals surface area contributed by atoms with Gasteiger partial charge in [0.2, 0.25) is 5.89 Å².